The third kappa shape index (κ3) is 7.00. The second-order valence-electron chi connectivity index (χ2n) is 7.66. The van der Waals surface area contributed by atoms with Gasteiger partial charge < -0.3 is 15.4 Å². The molecule has 0 aliphatic carbocycles. The van der Waals surface area contributed by atoms with Crippen LogP contribution in [0.15, 0.2) is 72.3 Å². The molecule has 0 unspecified atom stereocenters. The molecule has 0 atom stereocenters. The van der Waals surface area contributed by atoms with Crippen LogP contribution in [0.5, 0.6) is 5.75 Å². The Bertz CT molecular complexity index is 1360. The lowest BCUT2D eigenvalue weighted by Crippen LogP contribution is -2.20. The summed E-state index contributed by atoms with van der Waals surface area (Å²) in [6.45, 7) is 3.65. The summed E-state index contributed by atoms with van der Waals surface area (Å²) in [7, 11) is 0. The van der Waals surface area contributed by atoms with Crippen molar-refractivity contribution in [2.45, 2.75) is 13.8 Å². The molecule has 3 aromatic carbocycles. The van der Waals surface area contributed by atoms with Crippen LogP contribution in [0, 0.1) is 35.3 Å². The number of hydrogen-bond acceptors (Lipinski definition) is 6. The monoisotopic (exact) mass is 470 g/mol. The minimum atomic E-state index is -0.716. The summed E-state index contributed by atoms with van der Waals surface area (Å²) in [6.07, 6.45) is 1.36. The summed E-state index contributed by atoms with van der Waals surface area (Å²) in [4.78, 5) is 35.1. The van der Waals surface area contributed by atoms with E-state index in [4.69, 9.17) is 4.74 Å². The topological polar surface area (TPSA) is 134 Å². The van der Waals surface area contributed by atoms with E-state index in [1.807, 2.05) is 38.1 Å². The highest BCUT2D eigenvalue weighted by Crippen LogP contribution is 2.20. The van der Waals surface area contributed by atoms with Crippen LogP contribution < -0.4 is 15.4 Å². The number of nitrogens with one attached hydrogen (secondary N) is 2. The highest BCUT2D eigenvalue weighted by Gasteiger charge is 2.13. The van der Waals surface area contributed by atoms with Crippen LogP contribution in [0.1, 0.15) is 16.7 Å². The fraction of sp³-hybridized carbons (Fsp3) is 0.115. The number of anilines is 2. The number of carbonyl (C=O) groups is 2. The summed E-state index contributed by atoms with van der Waals surface area (Å²) >= 11 is 0. The summed E-state index contributed by atoms with van der Waals surface area (Å²) in [5.74, 6) is -0.662. The molecule has 0 radical (unpaired) electrons. The third-order valence-electron chi connectivity index (χ3n) is 4.87. The number of nitriles is 1. The number of nitro groups is 1. The molecule has 35 heavy (non-hydrogen) atoms. The van der Waals surface area contributed by atoms with E-state index in [1.54, 1.807) is 24.3 Å². The quantitative estimate of drug-likeness (QED) is 0.211. The zero-order valence-electron chi connectivity index (χ0n) is 19.1. The molecule has 2 N–H and O–H groups in total. The maximum atomic E-state index is 12.5. The molecule has 2 amide bonds. The average molecular weight is 470 g/mol. The van der Waals surface area contributed by atoms with Gasteiger partial charge in [-0.3, -0.25) is 19.7 Å². The van der Waals surface area contributed by atoms with Gasteiger partial charge in [-0.2, -0.15) is 5.26 Å². The van der Waals surface area contributed by atoms with Gasteiger partial charge in [-0.15, -0.1) is 0 Å². The Morgan fingerprint density at radius 1 is 1.06 bits per heavy atom. The molecule has 3 rings (SSSR count). The first-order valence-electron chi connectivity index (χ1n) is 10.5. The Morgan fingerprint density at radius 3 is 2.54 bits per heavy atom. The SMILES string of the molecule is Cc1ccc(NC(=O)COc2cccc(/C=C(/C#N)C(=O)Nc3cccc([N+](=O)[O-])c3)c2)c(C)c1. The van der Waals surface area contributed by atoms with E-state index in [1.165, 1.54) is 30.3 Å². The first-order valence-corrected chi connectivity index (χ1v) is 10.5. The lowest BCUT2D eigenvalue weighted by atomic mass is 10.1. The predicted molar refractivity (Wildman–Crippen MR) is 132 cm³/mol. The molecular formula is C26H22N4O5. The Labute approximate surface area is 201 Å². The van der Waals surface area contributed by atoms with Crippen LogP contribution in [0.2, 0.25) is 0 Å². The van der Waals surface area contributed by atoms with Crippen molar-refractivity contribution in [2.24, 2.45) is 0 Å². The van der Waals surface area contributed by atoms with Crippen molar-refractivity contribution in [3.63, 3.8) is 0 Å². The summed E-state index contributed by atoms with van der Waals surface area (Å²) in [5, 5.41) is 25.6. The fourth-order valence-electron chi connectivity index (χ4n) is 3.19. The number of carbonyl (C=O) groups excluding carboxylic acids is 2. The lowest BCUT2D eigenvalue weighted by molar-refractivity contribution is -0.384. The minimum Gasteiger partial charge on any atom is -0.484 e. The average Bonchev–Trinajstić information content (AvgIpc) is 2.83. The van der Waals surface area contributed by atoms with Gasteiger partial charge in [0.15, 0.2) is 6.61 Å². The van der Waals surface area contributed by atoms with Crippen molar-refractivity contribution in [3.8, 4) is 11.8 Å². The molecule has 0 bridgehead atoms. The molecule has 176 valence electrons. The summed E-state index contributed by atoms with van der Waals surface area (Å²) < 4.78 is 5.56. The van der Waals surface area contributed by atoms with Crippen LogP contribution in [0.3, 0.4) is 0 Å². The van der Waals surface area contributed by atoms with Gasteiger partial charge in [0.1, 0.15) is 17.4 Å². The van der Waals surface area contributed by atoms with Crippen LogP contribution in [-0.4, -0.2) is 23.3 Å². The minimum absolute atomic E-state index is 0.184. The number of amides is 2. The molecule has 3 aromatic rings. The largest absolute Gasteiger partial charge is 0.484 e. The van der Waals surface area contributed by atoms with Crippen LogP contribution >= 0.6 is 0 Å². The predicted octanol–water partition coefficient (Wildman–Crippen LogP) is 4.77. The van der Waals surface area contributed by atoms with Gasteiger partial charge >= 0.3 is 0 Å². The number of aryl methyl sites for hydroxylation is 2. The Kier molecular flexibility index (Phi) is 7.93. The van der Waals surface area contributed by atoms with Crippen LogP contribution in [0.25, 0.3) is 6.08 Å². The molecule has 0 fully saturated rings. The van der Waals surface area contributed by atoms with E-state index in [-0.39, 0.29) is 29.5 Å². The molecule has 0 saturated carbocycles. The number of rotatable bonds is 8. The maximum Gasteiger partial charge on any atom is 0.271 e. The van der Waals surface area contributed by atoms with Crippen molar-refractivity contribution < 1.29 is 19.2 Å². The Balaban J connectivity index is 1.65. The van der Waals surface area contributed by atoms with E-state index in [2.05, 4.69) is 10.6 Å². The van der Waals surface area contributed by atoms with Gasteiger partial charge in [-0.25, -0.2) is 0 Å². The van der Waals surface area contributed by atoms with E-state index >= 15 is 0 Å². The number of nitrogens with zero attached hydrogens (tertiary/aromatic N) is 2. The standard InChI is InChI=1S/C26H22N4O5/c1-17-9-10-24(18(2)11-17)29-25(31)16-35-23-8-3-5-19(13-23)12-20(15-27)26(32)28-21-6-4-7-22(14-21)30(33)34/h3-14H,16H2,1-2H3,(H,28,32)(H,29,31)/b20-12-. The second-order valence-corrected chi connectivity index (χ2v) is 7.66. The highest BCUT2D eigenvalue weighted by molar-refractivity contribution is 6.09. The molecule has 0 spiro atoms. The molecule has 0 aromatic heterocycles. The Morgan fingerprint density at radius 2 is 1.83 bits per heavy atom. The number of non-ortho nitro benzene ring substituents is 1. The summed E-state index contributed by atoms with van der Waals surface area (Å²) in [6, 6.07) is 19.5. The number of ether oxygens (including phenoxy) is 1. The normalized spacial score (nSPS) is 10.7. The third-order valence-corrected chi connectivity index (χ3v) is 4.87. The van der Waals surface area contributed by atoms with Crippen molar-refractivity contribution in [2.75, 3.05) is 17.2 Å². The Hall–Kier alpha value is -4.97. The number of benzene rings is 3. The van der Waals surface area contributed by atoms with Crippen molar-refractivity contribution in [1.29, 1.82) is 5.26 Å². The molecule has 9 nitrogen and oxygen atoms in total. The number of hydrogen-bond donors (Lipinski definition) is 2. The van der Waals surface area contributed by atoms with Crippen molar-refractivity contribution >= 4 is 35.0 Å². The zero-order chi connectivity index (χ0) is 25.4. The van der Waals surface area contributed by atoms with Crippen LogP contribution in [-0.2, 0) is 9.59 Å². The van der Waals surface area contributed by atoms with Gasteiger partial charge in [0.25, 0.3) is 17.5 Å². The van der Waals surface area contributed by atoms with Crippen molar-refractivity contribution in [1.82, 2.24) is 0 Å². The lowest BCUT2D eigenvalue weighted by Gasteiger charge is -2.10. The molecule has 9 heteroatoms. The van der Waals surface area contributed by atoms with E-state index in [9.17, 15) is 25.0 Å². The first kappa shape index (κ1) is 24.7. The molecule has 0 saturated heterocycles. The van der Waals surface area contributed by atoms with Crippen LogP contribution in [0.4, 0.5) is 17.1 Å². The molecular weight excluding hydrogens is 448 g/mol. The highest BCUT2D eigenvalue weighted by atomic mass is 16.6. The molecule has 0 aliphatic heterocycles. The van der Waals surface area contributed by atoms with Gasteiger partial charge in [0, 0.05) is 23.5 Å². The van der Waals surface area contributed by atoms with Gasteiger partial charge in [-0.05, 0) is 55.3 Å². The first-order chi connectivity index (χ1) is 16.7. The van der Waals surface area contributed by atoms with Gasteiger partial charge in [-0.1, -0.05) is 35.9 Å². The summed E-state index contributed by atoms with van der Waals surface area (Å²) in [5.41, 5.74) is 3.04. The zero-order valence-corrected chi connectivity index (χ0v) is 19.1. The van der Waals surface area contributed by atoms with Crippen molar-refractivity contribution in [3.05, 3.63) is 99.1 Å². The number of nitro benzene ring substituents is 1. The van der Waals surface area contributed by atoms with E-state index < -0.39 is 10.8 Å². The smallest absolute Gasteiger partial charge is 0.271 e. The molecule has 0 heterocycles. The van der Waals surface area contributed by atoms with E-state index in [0.29, 0.717) is 17.0 Å². The van der Waals surface area contributed by atoms with Gasteiger partial charge in [0.05, 0.1) is 4.92 Å². The second kappa shape index (κ2) is 11.2. The molecule has 0 aliphatic rings. The van der Waals surface area contributed by atoms with Gasteiger partial charge in [0.2, 0.25) is 0 Å². The van der Waals surface area contributed by atoms with E-state index in [0.717, 1.165) is 11.1 Å². The maximum absolute atomic E-state index is 12.5. The fourth-order valence-corrected chi connectivity index (χ4v) is 3.19.